The second-order valence-electron chi connectivity index (χ2n) is 5.83. The highest BCUT2D eigenvalue weighted by atomic mass is 32.1. The van der Waals surface area contributed by atoms with Crippen LogP contribution in [0.15, 0.2) is 36.1 Å². The fraction of sp³-hybridized carbons (Fsp3) is 0.176. The Bertz CT molecular complexity index is 1000. The maximum absolute atomic E-state index is 8.87. The number of benzene rings is 1. The van der Waals surface area contributed by atoms with Crippen molar-refractivity contribution in [1.29, 1.82) is 5.41 Å². The van der Waals surface area contributed by atoms with E-state index in [9.17, 15) is 0 Å². The summed E-state index contributed by atoms with van der Waals surface area (Å²) in [5.41, 5.74) is 11.2. The van der Waals surface area contributed by atoms with E-state index in [-0.39, 0.29) is 6.61 Å². The Kier molecular flexibility index (Phi) is 4.92. The van der Waals surface area contributed by atoms with Gasteiger partial charge in [-0.1, -0.05) is 6.07 Å². The number of aliphatic hydroxyl groups is 1. The van der Waals surface area contributed by atoms with Gasteiger partial charge in [0.2, 0.25) is 0 Å². The van der Waals surface area contributed by atoms with Crippen LogP contribution in [0.3, 0.4) is 0 Å². The number of hydrogen-bond acceptors (Lipinski definition) is 10. The molecule has 27 heavy (non-hydrogen) atoms. The van der Waals surface area contributed by atoms with Crippen LogP contribution in [0.4, 0.5) is 11.6 Å². The van der Waals surface area contributed by atoms with Crippen molar-refractivity contribution in [3.05, 3.63) is 47.4 Å². The van der Waals surface area contributed by atoms with Crippen LogP contribution in [0.25, 0.3) is 15.8 Å². The van der Waals surface area contributed by atoms with Gasteiger partial charge in [0.1, 0.15) is 0 Å². The van der Waals surface area contributed by atoms with Crippen LogP contribution in [-0.2, 0) is 6.54 Å². The van der Waals surface area contributed by atoms with Crippen molar-refractivity contribution in [2.45, 2.75) is 6.54 Å². The number of hydrogen-bond donors (Lipinski definition) is 5. The van der Waals surface area contributed by atoms with Crippen LogP contribution in [0, 0.1) is 5.41 Å². The molecular weight excluding hydrogens is 364 g/mol. The second kappa shape index (κ2) is 7.66. The largest absolute Gasteiger partial charge is 0.395 e. The lowest BCUT2D eigenvalue weighted by Gasteiger charge is -2.17. The van der Waals surface area contributed by atoms with Crippen LogP contribution in [0.1, 0.15) is 11.3 Å². The van der Waals surface area contributed by atoms with Crippen molar-refractivity contribution >= 4 is 45.0 Å². The summed E-state index contributed by atoms with van der Waals surface area (Å²) < 4.78 is 1.14. The highest BCUT2D eigenvalue weighted by Crippen LogP contribution is 2.28. The van der Waals surface area contributed by atoms with Gasteiger partial charge >= 0.3 is 0 Å². The third-order valence-electron chi connectivity index (χ3n) is 4.02. The van der Waals surface area contributed by atoms with Gasteiger partial charge in [-0.15, -0.1) is 16.9 Å². The van der Waals surface area contributed by atoms with E-state index in [4.69, 9.17) is 10.5 Å². The van der Waals surface area contributed by atoms with Gasteiger partial charge < -0.3 is 15.8 Å². The Balaban J connectivity index is 1.58. The van der Waals surface area contributed by atoms with E-state index >= 15 is 0 Å². The highest BCUT2D eigenvalue weighted by molar-refractivity contribution is 7.16. The molecule has 1 aliphatic rings. The van der Waals surface area contributed by atoms with Crippen molar-refractivity contribution in [1.82, 2.24) is 25.8 Å². The van der Waals surface area contributed by atoms with E-state index in [0.29, 0.717) is 36.0 Å². The molecule has 2 aromatic heterocycles. The number of anilines is 2. The number of aromatic nitrogens is 3. The molecule has 0 aliphatic carbocycles. The fourth-order valence-electron chi connectivity index (χ4n) is 2.70. The van der Waals surface area contributed by atoms with Crippen molar-refractivity contribution in [3.63, 3.8) is 0 Å². The first-order valence-corrected chi connectivity index (χ1v) is 9.20. The average Bonchev–Trinajstić information content (AvgIpc) is 3.32. The first kappa shape index (κ1) is 17.3. The summed E-state index contributed by atoms with van der Waals surface area (Å²) in [7, 11) is 0. The zero-order valence-corrected chi connectivity index (χ0v) is 15.1. The Morgan fingerprint density at radius 2 is 2.30 bits per heavy atom. The van der Waals surface area contributed by atoms with Gasteiger partial charge in [0, 0.05) is 24.5 Å². The van der Waals surface area contributed by atoms with E-state index in [1.54, 1.807) is 23.7 Å². The molecule has 0 bridgehead atoms. The molecule has 0 radical (unpaired) electrons. The van der Waals surface area contributed by atoms with E-state index in [1.807, 2.05) is 22.7 Å². The van der Waals surface area contributed by atoms with Crippen LogP contribution in [0.5, 0.6) is 0 Å². The number of aliphatic hydroxyl groups excluding tert-OH is 1. The lowest BCUT2D eigenvalue weighted by Crippen LogP contribution is -2.35. The predicted molar refractivity (Wildman–Crippen MR) is 106 cm³/mol. The Morgan fingerprint density at radius 3 is 3.15 bits per heavy atom. The van der Waals surface area contributed by atoms with Gasteiger partial charge in [-0.2, -0.15) is 0 Å². The lowest BCUT2D eigenvalue weighted by atomic mass is 10.2. The van der Waals surface area contributed by atoms with Crippen molar-refractivity contribution < 1.29 is 5.11 Å². The molecular formula is C17H18N8OS. The fourth-order valence-corrected chi connectivity index (χ4v) is 3.44. The number of nitrogens with one attached hydrogen (secondary N) is 4. The van der Waals surface area contributed by atoms with Crippen LogP contribution >= 0.6 is 11.3 Å². The van der Waals surface area contributed by atoms with E-state index < -0.39 is 0 Å². The summed E-state index contributed by atoms with van der Waals surface area (Å²) in [4.78, 5) is 13.3. The highest BCUT2D eigenvalue weighted by Gasteiger charge is 2.23. The van der Waals surface area contributed by atoms with Gasteiger partial charge in [0.05, 0.1) is 40.8 Å². The Hall–Kier alpha value is -3.08. The maximum atomic E-state index is 8.87. The molecule has 9 nitrogen and oxygen atoms in total. The molecule has 0 spiro atoms. The van der Waals surface area contributed by atoms with E-state index in [0.717, 1.165) is 15.8 Å². The summed E-state index contributed by atoms with van der Waals surface area (Å²) in [6.07, 6.45) is 4.47. The summed E-state index contributed by atoms with van der Waals surface area (Å²) in [5, 5.41) is 21.3. The molecule has 0 fully saturated rings. The first-order chi connectivity index (χ1) is 13.3. The van der Waals surface area contributed by atoms with Gasteiger partial charge in [-0.25, -0.2) is 15.0 Å². The minimum atomic E-state index is 0.0172. The van der Waals surface area contributed by atoms with Crippen molar-refractivity contribution in [2.24, 2.45) is 0 Å². The second-order valence-corrected chi connectivity index (χ2v) is 6.71. The number of rotatable bonds is 7. The molecule has 4 rings (SSSR count). The maximum Gasteiger partial charge on any atom is 0.190 e. The monoisotopic (exact) mass is 382 g/mol. The van der Waals surface area contributed by atoms with Crippen LogP contribution in [0.2, 0.25) is 0 Å². The normalized spacial score (nSPS) is 13.5. The SMILES string of the molecule is N=C/C(=C\NCCO)c1cnc2c(n1)N(Cc1ccc3ncsc3c1)NN2. The van der Waals surface area contributed by atoms with Crippen LogP contribution in [-0.4, -0.2) is 39.4 Å². The van der Waals surface area contributed by atoms with E-state index in [2.05, 4.69) is 37.3 Å². The molecule has 138 valence electrons. The number of fused-ring (bicyclic) bond motifs is 2. The third-order valence-corrected chi connectivity index (χ3v) is 4.81. The first-order valence-electron chi connectivity index (χ1n) is 8.32. The zero-order valence-electron chi connectivity index (χ0n) is 14.3. The van der Waals surface area contributed by atoms with Crippen LogP contribution < -0.4 is 21.3 Å². The molecule has 0 unspecified atom stereocenters. The quantitative estimate of drug-likeness (QED) is 0.308. The van der Waals surface area contributed by atoms with Crippen molar-refractivity contribution in [3.8, 4) is 0 Å². The third kappa shape index (κ3) is 3.58. The van der Waals surface area contributed by atoms with E-state index in [1.165, 1.54) is 6.21 Å². The topological polar surface area (TPSA) is 122 Å². The summed E-state index contributed by atoms with van der Waals surface area (Å²) in [6.45, 7) is 1.02. The molecule has 5 N–H and O–H groups in total. The molecule has 10 heteroatoms. The lowest BCUT2D eigenvalue weighted by molar-refractivity contribution is 0.298. The van der Waals surface area contributed by atoms with Gasteiger partial charge in [-0.3, -0.25) is 10.4 Å². The molecule has 1 aromatic carbocycles. The van der Waals surface area contributed by atoms with Gasteiger partial charge in [0.15, 0.2) is 11.6 Å². The molecule has 3 aromatic rings. The summed E-state index contributed by atoms with van der Waals surface area (Å²) in [6, 6.07) is 6.17. The average molecular weight is 382 g/mol. The summed E-state index contributed by atoms with van der Waals surface area (Å²) >= 11 is 1.61. The Morgan fingerprint density at radius 1 is 1.37 bits per heavy atom. The van der Waals surface area contributed by atoms with Gasteiger partial charge in [-0.05, 0) is 17.7 Å². The predicted octanol–water partition coefficient (Wildman–Crippen LogP) is 1.51. The molecule has 0 saturated carbocycles. The standard InChI is InChI=1S/C17H18N8OS/c18-6-12(7-19-3-4-26)14-8-20-16-17(22-14)25(24-23-16)9-11-1-2-13-15(5-11)27-10-21-13/h1-2,5-8,10,18-19,24,26H,3-4,9H2,(H,20,23)/b12-7+,18-6?. The molecule has 3 heterocycles. The number of nitrogens with zero attached hydrogens (tertiary/aromatic N) is 4. The zero-order chi connectivity index (χ0) is 18.6. The van der Waals surface area contributed by atoms with Gasteiger partial charge in [0.25, 0.3) is 0 Å². The molecule has 0 saturated heterocycles. The van der Waals surface area contributed by atoms with Crippen molar-refractivity contribution in [2.75, 3.05) is 23.6 Å². The molecule has 0 atom stereocenters. The summed E-state index contributed by atoms with van der Waals surface area (Å²) in [5.74, 6) is 1.29. The smallest absolute Gasteiger partial charge is 0.190 e. The number of hydrazine groups is 2. The minimum Gasteiger partial charge on any atom is -0.395 e. The minimum absolute atomic E-state index is 0.0172. The number of thiazole rings is 1. The number of allylic oxidation sites excluding steroid dienone is 1. The Labute approximate surface area is 159 Å². The molecule has 0 amide bonds. The molecule has 1 aliphatic heterocycles.